The molecule has 154 valence electrons. The van der Waals surface area contributed by atoms with Crippen molar-refractivity contribution in [2.45, 2.75) is 38.8 Å². The van der Waals surface area contributed by atoms with Gasteiger partial charge in [-0.1, -0.05) is 44.2 Å². The maximum Gasteiger partial charge on any atom is 0.262 e. The monoisotopic (exact) mass is 414 g/mol. The van der Waals surface area contributed by atoms with Crippen molar-refractivity contribution in [2.75, 3.05) is 13.2 Å². The summed E-state index contributed by atoms with van der Waals surface area (Å²) in [6, 6.07) is 8.25. The predicted molar refractivity (Wildman–Crippen MR) is 114 cm³/mol. The first kappa shape index (κ1) is 21.2. The smallest absolute Gasteiger partial charge is 0.262 e. The van der Waals surface area contributed by atoms with E-state index in [9.17, 15) is 14.4 Å². The highest BCUT2D eigenvalue weighted by Crippen LogP contribution is 2.25. The zero-order valence-corrected chi connectivity index (χ0v) is 17.5. The lowest BCUT2D eigenvalue weighted by atomic mass is 10.0. The number of rotatable bonds is 6. The van der Waals surface area contributed by atoms with Gasteiger partial charge in [0, 0.05) is 4.70 Å². The Balaban J connectivity index is 1.71. The zero-order valence-electron chi connectivity index (χ0n) is 16.6. The molecule has 3 rings (SSSR count). The van der Waals surface area contributed by atoms with E-state index in [1.165, 1.54) is 11.3 Å². The lowest BCUT2D eigenvalue weighted by molar-refractivity contribution is -0.131. The molecule has 2 atom stereocenters. The summed E-state index contributed by atoms with van der Waals surface area (Å²) in [5, 5.41) is 6.65. The van der Waals surface area contributed by atoms with E-state index in [2.05, 4.69) is 10.6 Å². The fourth-order valence-corrected chi connectivity index (χ4v) is 4.16. The van der Waals surface area contributed by atoms with Crippen molar-refractivity contribution < 1.29 is 19.1 Å². The zero-order chi connectivity index (χ0) is 20.8. The maximum atomic E-state index is 12.9. The number of nitrogens with one attached hydrogen (secondary N) is 2. The Morgan fingerprint density at radius 3 is 2.79 bits per heavy atom. The largest absolute Gasteiger partial charge is 0.370 e. The van der Waals surface area contributed by atoms with Crippen LogP contribution in [0.15, 0.2) is 42.5 Å². The molecular weight excluding hydrogens is 388 g/mol. The van der Waals surface area contributed by atoms with Gasteiger partial charge in [-0.3, -0.25) is 14.4 Å². The SMILES string of the molecule is CC(C)C[C@H](NC(=O)c1cc2ccccc2s1)C(=O)N[C@H]1CC=CCOCC1=O. The molecule has 29 heavy (non-hydrogen) atoms. The number of amides is 2. The molecule has 0 aliphatic carbocycles. The number of ether oxygens (including phenoxy) is 1. The summed E-state index contributed by atoms with van der Waals surface area (Å²) in [7, 11) is 0. The average Bonchev–Trinajstić information content (AvgIpc) is 3.11. The van der Waals surface area contributed by atoms with E-state index in [-0.39, 0.29) is 30.1 Å². The van der Waals surface area contributed by atoms with Crippen LogP contribution >= 0.6 is 11.3 Å². The molecule has 0 fully saturated rings. The first-order chi connectivity index (χ1) is 13.9. The summed E-state index contributed by atoms with van der Waals surface area (Å²) in [6.45, 7) is 4.35. The Kier molecular flexibility index (Phi) is 7.17. The number of thiophene rings is 1. The minimum Gasteiger partial charge on any atom is -0.370 e. The van der Waals surface area contributed by atoms with Crippen LogP contribution in [0.4, 0.5) is 0 Å². The van der Waals surface area contributed by atoms with E-state index in [1.54, 1.807) is 0 Å². The van der Waals surface area contributed by atoms with E-state index >= 15 is 0 Å². The third kappa shape index (κ3) is 5.74. The molecule has 0 radical (unpaired) electrons. The van der Waals surface area contributed by atoms with E-state index in [1.807, 2.05) is 56.3 Å². The highest BCUT2D eigenvalue weighted by molar-refractivity contribution is 7.20. The molecule has 0 bridgehead atoms. The summed E-state index contributed by atoms with van der Waals surface area (Å²) in [4.78, 5) is 38.5. The number of carbonyl (C=O) groups is 3. The molecule has 2 aromatic rings. The van der Waals surface area contributed by atoms with Crippen LogP contribution in [0.25, 0.3) is 10.1 Å². The van der Waals surface area contributed by atoms with Gasteiger partial charge in [0.05, 0.1) is 17.5 Å². The lowest BCUT2D eigenvalue weighted by Gasteiger charge is -2.24. The van der Waals surface area contributed by atoms with Crippen LogP contribution in [0, 0.1) is 5.92 Å². The minimum atomic E-state index is -0.712. The molecule has 6 nitrogen and oxygen atoms in total. The summed E-state index contributed by atoms with van der Waals surface area (Å²) >= 11 is 1.40. The van der Waals surface area contributed by atoms with Crippen molar-refractivity contribution in [1.82, 2.24) is 10.6 Å². The Labute approximate surface area is 174 Å². The van der Waals surface area contributed by atoms with Gasteiger partial charge in [-0.2, -0.15) is 0 Å². The van der Waals surface area contributed by atoms with Crippen LogP contribution < -0.4 is 10.6 Å². The summed E-state index contributed by atoms with van der Waals surface area (Å²) in [5.41, 5.74) is 0. The van der Waals surface area contributed by atoms with Gasteiger partial charge >= 0.3 is 0 Å². The predicted octanol–water partition coefficient (Wildman–Crippen LogP) is 3.08. The van der Waals surface area contributed by atoms with Gasteiger partial charge in [-0.05, 0) is 36.3 Å². The molecule has 0 saturated heterocycles. The molecule has 7 heteroatoms. The normalized spacial score (nSPS) is 18.3. The number of hydrogen-bond donors (Lipinski definition) is 2. The van der Waals surface area contributed by atoms with Crippen LogP contribution in [-0.4, -0.2) is 42.9 Å². The Morgan fingerprint density at radius 2 is 2.03 bits per heavy atom. The molecule has 2 heterocycles. The van der Waals surface area contributed by atoms with Gasteiger partial charge < -0.3 is 15.4 Å². The molecule has 2 N–H and O–H groups in total. The number of fused-ring (bicyclic) bond motifs is 1. The molecular formula is C22H26N2O4S. The van der Waals surface area contributed by atoms with Crippen LogP contribution in [0.5, 0.6) is 0 Å². The Bertz CT molecular complexity index is 885. The molecule has 0 spiro atoms. The first-order valence-corrected chi connectivity index (χ1v) is 10.6. The quantitative estimate of drug-likeness (QED) is 0.712. The van der Waals surface area contributed by atoms with Gasteiger partial charge in [0.25, 0.3) is 5.91 Å². The molecule has 0 unspecified atom stereocenters. The maximum absolute atomic E-state index is 12.9. The Morgan fingerprint density at radius 1 is 1.24 bits per heavy atom. The van der Waals surface area contributed by atoms with E-state index in [0.717, 1.165) is 10.1 Å². The number of carbonyl (C=O) groups excluding carboxylic acids is 3. The van der Waals surface area contributed by atoms with Gasteiger partial charge in [-0.15, -0.1) is 11.3 Å². The number of ketones is 1. The number of hydrogen-bond acceptors (Lipinski definition) is 5. The minimum absolute atomic E-state index is 0.0295. The van der Waals surface area contributed by atoms with Gasteiger partial charge in [0.1, 0.15) is 12.6 Å². The number of benzene rings is 1. The molecule has 1 aliphatic heterocycles. The molecule has 1 aromatic carbocycles. The lowest BCUT2D eigenvalue weighted by Crippen LogP contribution is -2.52. The van der Waals surface area contributed by atoms with Crippen molar-refractivity contribution in [3.05, 3.63) is 47.4 Å². The molecule has 1 aliphatic rings. The van der Waals surface area contributed by atoms with Crippen molar-refractivity contribution >= 4 is 39.0 Å². The van der Waals surface area contributed by atoms with Crippen LogP contribution in [0.2, 0.25) is 0 Å². The van der Waals surface area contributed by atoms with Crippen LogP contribution in [0.1, 0.15) is 36.4 Å². The fraction of sp³-hybridized carbons (Fsp3) is 0.409. The summed E-state index contributed by atoms with van der Waals surface area (Å²) < 4.78 is 6.24. The highest BCUT2D eigenvalue weighted by atomic mass is 32.1. The second-order valence-corrected chi connectivity index (χ2v) is 8.64. The second-order valence-electron chi connectivity index (χ2n) is 7.55. The number of Topliss-reactive ketones (excluding diaryl/α,β-unsaturated/α-hetero) is 1. The third-order valence-corrected chi connectivity index (χ3v) is 5.80. The molecule has 2 amide bonds. The second kappa shape index (κ2) is 9.80. The van der Waals surface area contributed by atoms with Gasteiger partial charge in [0.2, 0.25) is 5.91 Å². The Hall–Kier alpha value is -2.51. The standard InChI is InChI=1S/C22H26N2O4S/c1-14(2)11-17(21(26)23-16-8-5-6-10-28-13-18(16)25)24-22(27)20-12-15-7-3-4-9-19(15)29-20/h3-7,9,12,14,16-17H,8,10-11,13H2,1-2H3,(H,23,26)(H,24,27)/t16-,17-/m0/s1. The van der Waals surface area contributed by atoms with Crippen LogP contribution in [0.3, 0.4) is 0 Å². The van der Waals surface area contributed by atoms with Gasteiger partial charge in [-0.25, -0.2) is 0 Å². The third-order valence-electron chi connectivity index (χ3n) is 4.68. The summed E-state index contributed by atoms with van der Waals surface area (Å²) in [5.74, 6) is -0.591. The van der Waals surface area contributed by atoms with Crippen molar-refractivity contribution in [1.29, 1.82) is 0 Å². The van der Waals surface area contributed by atoms with E-state index in [4.69, 9.17) is 4.74 Å². The van der Waals surface area contributed by atoms with E-state index < -0.39 is 12.1 Å². The summed E-state index contributed by atoms with van der Waals surface area (Å²) in [6.07, 6.45) is 4.57. The molecule has 0 saturated carbocycles. The molecule has 1 aromatic heterocycles. The van der Waals surface area contributed by atoms with E-state index in [0.29, 0.717) is 24.3 Å². The van der Waals surface area contributed by atoms with Crippen molar-refractivity contribution in [3.63, 3.8) is 0 Å². The van der Waals surface area contributed by atoms with Crippen LogP contribution in [-0.2, 0) is 14.3 Å². The fourth-order valence-electron chi connectivity index (χ4n) is 3.20. The highest BCUT2D eigenvalue weighted by Gasteiger charge is 2.27. The average molecular weight is 415 g/mol. The van der Waals surface area contributed by atoms with Gasteiger partial charge in [0.15, 0.2) is 5.78 Å². The van der Waals surface area contributed by atoms with Crippen molar-refractivity contribution in [3.8, 4) is 0 Å². The topological polar surface area (TPSA) is 84.5 Å². The first-order valence-electron chi connectivity index (χ1n) is 9.79. The van der Waals surface area contributed by atoms with Crippen molar-refractivity contribution in [2.24, 2.45) is 5.92 Å².